The number of aromatic amines is 1. The molecule has 0 bridgehead atoms. The average Bonchev–Trinajstić information content (AvgIpc) is 2.71. The fourth-order valence-corrected chi connectivity index (χ4v) is 3.04. The molecule has 1 N–H and O–H groups in total. The van der Waals surface area contributed by atoms with Crippen LogP contribution in [0.4, 0.5) is 0 Å². The van der Waals surface area contributed by atoms with Crippen LogP contribution in [0.25, 0.3) is 0 Å². The zero-order valence-corrected chi connectivity index (χ0v) is 10.1. The molecule has 0 radical (unpaired) electrons. The molecule has 0 aliphatic heterocycles. The normalized spacial score (nSPS) is 29.2. The van der Waals surface area contributed by atoms with Gasteiger partial charge in [0.15, 0.2) is 0 Å². The molecule has 2 unspecified atom stereocenters. The maximum absolute atomic E-state index is 11.7. The number of esters is 1. The summed E-state index contributed by atoms with van der Waals surface area (Å²) in [4.78, 5) is 11.7. The minimum absolute atomic E-state index is 0.116. The molecule has 2 atom stereocenters. The van der Waals surface area contributed by atoms with E-state index in [1.54, 1.807) is 0 Å². The summed E-state index contributed by atoms with van der Waals surface area (Å²) in [6.45, 7) is 4.24. The lowest BCUT2D eigenvalue weighted by Crippen LogP contribution is -2.08. The molecule has 1 heterocycles. The summed E-state index contributed by atoms with van der Waals surface area (Å²) in [5.41, 5.74) is 2.80. The zero-order valence-electron chi connectivity index (χ0n) is 10.1. The number of hydrogen-bond donors (Lipinski definition) is 1. The van der Waals surface area contributed by atoms with E-state index in [0.717, 1.165) is 24.1 Å². The third kappa shape index (κ3) is 1.30. The molecular formula is C13H16N2O2. The molecule has 0 spiro atoms. The number of hydrogen-bond acceptors (Lipinski definition) is 3. The largest absolute Gasteiger partial charge is 0.461 e. The van der Waals surface area contributed by atoms with E-state index in [1.165, 1.54) is 0 Å². The van der Waals surface area contributed by atoms with Gasteiger partial charge in [0, 0.05) is 11.0 Å². The van der Waals surface area contributed by atoms with E-state index in [1.807, 2.05) is 13.8 Å². The van der Waals surface area contributed by atoms with Gasteiger partial charge < -0.3 is 4.74 Å². The Labute approximate surface area is 100 Å². The molecule has 2 aliphatic rings. The maximum atomic E-state index is 11.7. The van der Waals surface area contributed by atoms with Gasteiger partial charge in [0.25, 0.3) is 0 Å². The number of nitrogens with one attached hydrogen (secondary N) is 1. The van der Waals surface area contributed by atoms with Crippen LogP contribution in [-0.4, -0.2) is 22.8 Å². The lowest BCUT2D eigenvalue weighted by Gasteiger charge is -2.03. The standard InChI is InChI=1S/C13H16N2O2/c1-3-5-13-7-8(13)6-9-10(12(16)17-4-2)14-15-11(9)13/h3,5,8H,4,6-7H2,1-2H3,(H,14,15). The minimum atomic E-state index is -0.279. The molecule has 0 saturated heterocycles. The van der Waals surface area contributed by atoms with Crippen LogP contribution < -0.4 is 0 Å². The van der Waals surface area contributed by atoms with Crippen LogP contribution >= 0.6 is 0 Å². The van der Waals surface area contributed by atoms with Crippen molar-refractivity contribution in [1.29, 1.82) is 0 Å². The summed E-state index contributed by atoms with van der Waals surface area (Å²) in [6, 6.07) is 0. The number of aromatic nitrogens is 2. The van der Waals surface area contributed by atoms with E-state index in [0.29, 0.717) is 18.2 Å². The van der Waals surface area contributed by atoms with Crippen molar-refractivity contribution in [2.45, 2.75) is 32.1 Å². The first-order valence-electron chi connectivity index (χ1n) is 6.11. The Balaban J connectivity index is 1.97. The van der Waals surface area contributed by atoms with Crippen molar-refractivity contribution in [3.63, 3.8) is 0 Å². The molecule has 17 heavy (non-hydrogen) atoms. The first-order valence-corrected chi connectivity index (χ1v) is 6.11. The second-order valence-corrected chi connectivity index (χ2v) is 4.79. The molecule has 90 valence electrons. The predicted molar refractivity (Wildman–Crippen MR) is 62.8 cm³/mol. The number of carbonyl (C=O) groups is 1. The predicted octanol–water partition coefficient (Wildman–Crippen LogP) is 1.98. The highest BCUT2D eigenvalue weighted by Crippen LogP contribution is 2.62. The van der Waals surface area contributed by atoms with Gasteiger partial charge in [-0.1, -0.05) is 12.2 Å². The Hall–Kier alpha value is -1.58. The Bertz CT molecular complexity index is 504. The highest BCUT2D eigenvalue weighted by molar-refractivity contribution is 5.90. The summed E-state index contributed by atoms with van der Waals surface area (Å²) >= 11 is 0. The second kappa shape index (κ2) is 3.45. The van der Waals surface area contributed by atoms with Crippen molar-refractivity contribution in [1.82, 2.24) is 10.2 Å². The lowest BCUT2D eigenvalue weighted by atomic mass is 10.0. The number of carbonyl (C=O) groups excluding carboxylic acids is 1. The fourth-order valence-electron chi connectivity index (χ4n) is 3.04. The Morgan fingerprint density at radius 2 is 2.53 bits per heavy atom. The quantitative estimate of drug-likeness (QED) is 0.640. The van der Waals surface area contributed by atoms with Crippen molar-refractivity contribution in [2.24, 2.45) is 5.92 Å². The maximum Gasteiger partial charge on any atom is 0.356 e. The lowest BCUT2D eigenvalue weighted by molar-refractivity contribution is 0.0518. The van der Waals surface area contributed by atoms with Gasteiger partial charge in [-0.15, -0.1) is 0 Å². The minimum Gasteiger partial charge on any atom is -0.461 e. The SMILES string of the molecule is CC=CC12CC1Cc1c2n[nH]c1C(=O)OCC. The summed E-state index contributed by atoms with van der Waals surface area (Å²) in [7, 11) is 0. The van der Waals surface area contributed by atoms with Gasteiger partial charge in [-0.2, -0.15) is 5.10 Å². The average molecular weight is 232 g/mol. The first-order chi connectivity index (χ1) is 8.23. The molecule has 4 heteroatoms. The monoisotopic (exact) mass is 232 g/mol. The van der Waals surface area contributed by atoms with Gasteiger partial charge in [0.2, 0.25) is 0 Å². The molecule has 1 aromatic rings. The van der Waals surface area contributed by atoms with Crippen molar-refractivity contribution >= 4 is 5.97 Å². The number of rotatable bonds is 3. The van der Waals surface area contributed by atoms with Crippen molar-refractivity contribution in [2.75, 3.05) is 6.61 Å². The van der Waals surface area contributed by atoms with Crippen LogP contribution in [0.2, 0.25) is 0 Å². The summed E-state index contributed by atoms with van der Waals surface area (Å²) in [5, 5.41) is 7.18. The van der Waals surface area contributed by atoms with E-state index in [4.69, 9.17) is 4.74 Å². The van der Waals surface area contributed by atoms with Gasteiger partial charge >= 0.3 is 5.97 Å². The summed E-state index contributed by atoms with van der Waals surface area (Å²) in [5.74, 6) is 0.358. The molecule has 1 aromatic heterocycles. The molecule has 3 rings (SSSR count). The smallest absolute Gasteiger partial charge is 0.356 e. The molecule has 1 saturated carbocycles. The van der Waals surface area contributed by atoms with Crippen LogP contribution in [0.15, 0.2) is 12.2 Å². The van der Waals surface area contributed by atoms with Crippen LogP contribution in [-0.2, 0) is 16.6 Å². The third-order valence-corrected chi connectivity index (χ3v) is 3.85. The van der Waals surface area contributed by atoms with E-state index < -0.39 is 0 Å². The topological polar surface area (TPSA) is 55.0 Å². The van der Waals surface area contributed by atoms with Crippen LogP contribution in [0, 0.1) is 5.92 Å². The van der Waals surface area contributed by atoms with Gasteiger partial charge in [0.1, 0.15) is 5.69 Å². The molecule has 1 fully saturated rings. The first kappa shape index (κ1) is 10.6. The number of allylic oxidation sites excluding steroid dienone is 2. The van der Waals surface area contributed by atoms with Gasteiger partial charge in [-0.25, -0.2) is 4.79 Å². The van der Waals surface area contributed by atoms with Crippen LogP contribution in [0.3, 0.4) is 0 Å². The van der Waals surface area contributed by atoms with E-state index in [2.05, 4.69) is 22.3 Å². The molecule has 0 amide bonds. The number of nitrogens with zero attached hydrogens (tertiary/aromatic N) is 1. The Morgan fingerprint density at radius 3 is 3.24 bits per heavy atom. The van der Waals surface area contributed by atoms with E-state index in [-0.39, 0.29) is 11.4 Å². The summed E-state index contributed by atoms with van der Waals surface area (Å²) < 4.78 is 5.03. The number of fused-ring (bicyclic) bond motifs is 3. The van der Waals surface area contributed by atoms with Crippen molar-refractivity contribution < 1.29 is 9.53 Å². The van der Waals surface area contributed by atoms with E-state index >= 15 is 0 Å². The zero-order chi connectivity index (χ0) is 12.0. The highest BCUT2D eigenvalue weighted by atomic mass is 16.5. The van der Waals surface area contributed by atoms with Crippen LogP contribution in [0.1, 0.15) is 42.0 Å². The van der Waals surface area contributed by atoms with Gasteiger partial charge in [-0.05, 0) is 32.6 Å². The van der Waals surface area contributed by atoms with Crippen molar-refractivity contribution in [3.05, 3.63) is 29.1 Å². The number of ether oxygens (including phenoxy) is 1. The fraction of sp³-hybridized carbons (Fsp3) is 0.538. The second-order valence-electron chi connectivity index (χ2n) is 4.79. The Kier molecular flexibility index (Phi) is 2.15. The Morgan fingerprint density at radius 1 is 1.71 bits per heavy atom. The van der Waals surface area contributed by atoms with Gasteiger partial charge in [-0.3, -0.25) is 5.10 Å². The molecule has 0 aromatic carbocycles. The third-order valence-electron chi connectivity index (χ3n) is 3.85. The molecular weight excluding hydrogens is 216 g/mol. The summed E-state index contributed by atoms with van der Waals surface area (Å²) in [6.07, 6.45) is 6.41. The van der Waals surface area contributed by atoms with Crippen molar-refractivity contribution in [3.8, 4) is 0 Å². The molecule has 2 aliphatic carbocycles. The van der Waals surface area contributed by atoms with Crippen LogP contribution in [0.5, 0.6) is 0 Å². The van der Waals surface area contributed by atoms with E-state index in [9.17, 15) is 4.79 Å². The number of H-pyrrole nitrogens is 1. The highest BCUT2D eigenvalue weighted by Gasteiger charge is 2.61. The molecule has 4 nitrogen and oxygen atoms in total. The van der Waals surface area contributed by atoms with Gasteiger partial charge in [0.05, 0.1) is 12.3 Å².